The number of aliphatic imine (C=N–C) groups is 1. The number of para-hydroxylation sites is 2. The fourth-order valence-corrected chi connectivity index (χ4v) is 8.37. The average molecular weight is 628 g/mol. The summed E-state index contributed by atoms with van der Waals surface area (Å²) < 4.78 is 2.52. The molecule has 0 aliphatic heterocycles. The van der Waals surface area contributed by atoms with E-state index >= 15 is 0 Å². The van der Waals surface area contributed by atoms with Gasteiger partial charge in [-0.15, -0.1) is 0 Å². The second-order valence-corrected chi connectivity index (χ2v) is 14.7. The van der Waals surface area contributed by atoms with Crippen LogP contribution in [0.1, 0.15) is 133 Å². The summed E-state index contributed by atoms with van der Waals surface area (Å²) >= 11 is -1.00. The van der Waals surface area contributed by atoms with Crippen LogP contribution in [0.3, 0.4) is 0 Å². The van der Waals surface area contributed by atoms with E-state index in [9.17, 15) is 0 Å². The molecular formula is C37H47ClGeN2. The van der Waals surface area contributed by atoms with Crippen molar-refractivity contribution in [3.05, 3.63) is 100 Å². The summed E-state index contributed by atoms with van der Waals surface area (Å²) in [6, 6.07) is 24.5. The Morgan fingerprint density at radius 3 is 1.63 bits per heavy atom. The summed E-state index contributed by atoms with van der Waals surface area (Å²) in [7, 11) is 7.14. The summed E-state index contributed by atoms with van der Waals surface area (Å²) in [5.74, 6) is 1.62. The third-order valence-corrected chi connectivity index (χ3v) is 10.4. The van der Waals surface area contributed by atoms with Crippen molar-refractivity contribution in [1.82, 2.24) is 0 Å². The van der Waals surface area contributed by atoms with Crippen molar-refractivity contribution in [3.8, 4) is 0 Å². The Kier molecular flexibility index (Phi) is 11.0. The van der Waals surface area contributed by atoms with Crippen LogP contribution in [-0.2, 0) is 0 Å². The van der Waals surface area contributed by atoms with Gasteiger partial charge in [0.25, 0.3) is 0 Å². The van der Waals surface area contributed by atoms with Gasteiger partial charge in [0.05, 0.1) is 0 Å². The maximum atomic E-state index is 7.14. The quantitative estimate of drug-likeness (QED) is 0.216. The van der Waals surface area contributed by atoms with Gasteiger partial charge in [0.15, 0.2) is 0 Å². The SMILES string of the molecule is CC(C)c1cccc(C(C)C)c1N=C1CCCC/C1=C(/c1ccccc1)[N]([Ge][Cl])c1c(C(C)C)cccc1C(C)C. The van der Waals surface area contributed by atoms with Gasteiger partial charge in [-0.3, -0.25) is 0 Å². The van der Waals surface area contributed by atoms with E-state index in [2.05, 4.69) is 126 Å². The molecule has 3 aromatic carbocycles. The predicted octanol–water partition coefficient (Wildman–Crippen LogP) is 11.5. The van der Waals surface area contributed by atoms with Gasteiger partial charge in [-0.2, -0.15) is 0 Å². The molecule has 1 saturated carbocycles. The zero-order valence-electron chi connectivity index (χ0n) is 26.3. The minimum absolute atomic E-state index is 0.397. The first-order valence-corrected chi connectivity index (χ1v) is 19.1. The molecule has 216 valence electrons. The van der Waals surface area contributed by atoms with Gasteiger partial charge in [0.1, 0.15) is 0 Å². The van der Waals surface area contributed by atoms with Crippen molar-refractivity contribution in [2.45, 2.75) is 105 Å². The average Bonchev–Trinajstić information content (AvgIpc) is 2.96. The van der Waals surface area contributed by atoms with Crippen LogP contribution in [0.2, 0.25) is 0 Å². The van der Waals surface area contributed by atoms with Crippen molar-refractivity contribution in [2.24, 2.45) is 4.99 Å². The standard InChI is InChI=1S/C37H47ClGeN2/c1-24(2)29-19-14-20-30(25(3)4)35(29)40-34-23-13-12-18-33(34)36(28-16-10-9-11-17-28)41(39-38)37-31(26(5)6)21-15-22-32(37)27(7)8/h9-11,14-17,19-22,24-27H,12-13,18,23H2,1-8H3/b36-33+,40-34?. The molecule has 0 N–H and O–H groups in total. The van der Waals surface area contributed by atoms with E-state index in [0.717, 1.165) is 12.8 Å². The number of benzene rings is 3. The van der Waals surface area contributed by atoms with Gasteiger partial charge in [-0.25, -0.2) is 0 Å². The summed E-state index contributed by atoms with van der Waals surface area (Å²) in [5.41, 5.74) is 13.0. The third kappa shape index (κ3) is 7.03. The molecule has 0 saturated heterocycles. The molecular weight excluding hydrogens is 580 g/mol. The molecule has 3 aromatic rings. The summed E-state index contributed by atoms with van der Waals surface area (Å²) in [4.78, 5) is 5.62. The van der Waals surface area contributed by atoms with Crippen molar-refractivity contribution < 1.29 is 0 Å². The fraction of sp³-hybridized carbons (Fsp3) is 0.432. The van der Waals surface area contributed by atoms with E-state index in [-0.39, 0.29) is 0 Å². The van der Waals surface area contributed by atoms with Crippen LogP contribution in [0.4, 0.5) is 11.4 Å². The molecule has 0 unspecified atom stereocenters. The second kappa shape index (κ2) is 14.2. The van der Waals surface area contributed by atoms with Crippen LogP contribution in [0, 0.1) is 0 Å². The maximum absolute atomic E-state index is 7.14. The van der Waals surface area contributed by atoms with Crippen LogP contribution in [-0.4, -0.2) is 20.4 Å². The molecule has 0 bridgehead atoms. The predicted molar refractivity (Wildman–Crippen MR) is 182 cm³/mol. The molecule has 0 spiro atoms. The topological polar surface area (TPSA) is 15.6 Å². The van der Waals surface area contributed by atoms with E-state index in [1.54, 1.807) is 0 Å². The van der Waals surface area contributed by atoms with Crippen molar-refractivity contribution in [3.63, 3.8) is 0 Å². The van der Waals surface area contributed by atoms with E-state index in [0.29, 0.717) is 23.7 Å². The first-order valence-electron chi connectivity index (χ1n) is 15.4. The molecule has 0 heterocycles. The van der Waals surface area contributed by atoms with Crippen molar-refractivity contribution in [1.29, 1.82) is 0 Å². The number of anilines is 1. The fourth-order valence-electron chi connectivity index (χ4n) is 6.04. The van der Waals surface area contributed by atoms with Gasteiger partial charge in [-0.1, -0.05) is 0 Å². The van der Waals surface area contributed by atoms with E-state index in [4.69, 9.17) is 15.0 Å². The van der Waals surface area contributed by atoms with Crippen LogP contribution >= 0.6 is 10.0 Å². The number of hydrogen-bond donors (Lipinski definition) is 0. The van der Waals surface area contributed by atoms with Crippen molar-refractivity contribution >= 4 is 47.5 Å². The van der Waals surface area contributed by atoms with Gasteiger partial charge in [-0.05, 0) is 0 Å². The second-order valence-electron chi connectivity index (χ2n) is 12.6. The Morgan fingerprint density at radius 2 is 1.15 bits per heavy atom. The van der Waals surface area contributed by atoms with Crippen LogP contribution < -0.4 is 3.86 Å². The monoisotopic (exact) mass is 628 g/mol. The van der Waals surface area contributed by atoms with Gasteiger partial charge in [0.2, 0.25) is 0 Å². The van der Waals surface area contributed by atoms with Crippen LogP contribution in [0.5, 0.6) is 0 Å². The Morgan fingerprint density at radius 1 is 0.659 bits per heavy atom. The Labute approximate surface area is 260 Å². The molecule has 0 amide bonds. The molecule has 41 heavy (non-hydrogen) atoms. The van der Waals surface area contributed by atoms with E-state index in [1.165, 1.54) is 69.0 Å². The molecule has 1 fully saturated rings. The Balaban J connectivity index is 2.07. The number of halogens is 1. The van der Waals surface area contributed by atoms with Gasteiger partial charge >= 0.3 is 261 Å². The number of rotatable bonds is 9. The molecule has 2 nitrogen and oxygen atoms in total. The van der Waals surface area contributed by atoms with Crippen LogP contribution in [0.25, 0.3) is 5.70 Å². The number of allylic oxidation sites excluding steroid dienone is 1. The molecule has 4 rings (SSSR count). The third-order valence-electron chi connectivity index (χ3n) is 8.24. The molecule has 2 radical (unpaired) electrons. The minimum atomic E-state index is -1.00. The molecule has 1 aliphatic carbocycles. The summed E-state index contributed by atoms with van der Waals surface area (Å²) in [6.45, 7) is 18.3. The number of hydrogen-bond acceptors (Lipinski definition) is 2. The van der Waals surface area contributed by atoms with E-state index in [1.807, 2.05) is 0 Å². The Bertz CT molecular complexity index is 1330. The first kappa shape index (κ1) is 31.6. The molecule has 4 heteroatoms. The van der Waals surface area contributed by atoms with Crippen LogP contribution in [0.15, 0.2) is 77.3 Å². The van der Waals surface area contributed by atoms with Crippen molar-refractivity contribution in [2.75, 3.05) is 3.86 Å². The molecule has 0 atom stereocenters. The van der Waals surface area contributed by atoms with E-state index < -0.39 is 14.7 Å². The summed E-state index contributed by atoms with van der Waals surface area (Å²) in [6.07, 6.45) is 4.35. The van der Waals surface area contributed by atoms with Gasteiger partial charge in [0, 0.05) is 0 Å². The first-order chi connectivity index (χ1) is 19.6. The summed E-state index contributed by atoms with van der Waals surface area (Å²) in [5, 5.41) is 0. The number of nitrogens with zero attached hydrogens (tertiary/aromatic N) is 2. The zero-order valence-corrected chi connectivity index (χ0v) is 29.1. The zero-order chi connectivity index (χ0) is 29.7. The molecule has 0 aromatic heterocycles. The normalized spacial score (nSPS) is 16.4. The van der Waals surface area contributed by atoms with Gasteiger partial charge < -0.3 is 0 Å². The Hall–Kier alpha value is -2.30. The molecule has 1 aliphatic rings.